The van der Waals surface area contributed by atoms with Crippen molar-refractivity contribution in [3.63, 3.8) is 0 Å². The first-order chi connectivity index (χ1) is 20.9. The number of hydrogen-bond donors (Lipinski definition) is 2. The number of phenolic OH excluding ortho intramolecular Hbond substituents is 1. The number of anilines is 1. The number of Topliss-reactive ketones (excluding diaryl/α,β-unsaturated/α-hetero) is 1. The molecular weight excluding hydrogens is 685 g/mol. The summed E-state index contributed by atoms with van der Waals surface area (Å²) in [4.78, 5) is 39.0. The van der Waals surface area contributed by atoms with E-state index in [0.717, 1.165) is 39.3 Å². The Hall–Kier alpha value is -3.55. The van der Waals surface area contributed by atoms with E-state index in [2.05, 4.69) is 36.2 Å². The molecule has 0 bridgehead atoms. The van der Waals surface area contributed by atoms with Crippen molar-refractivity contribution >= 4 is 112 Å². The molecule has 0 aliphatic heterocycles. The van der Waals surface area contributed by atoms with Crippen molar-refractivity contribution < 1.29 is 14.7 Å². The number of hydrogen-bond acceptors (Lipinski definition) is 10. The van der Waals surface area contributed by atoms with Crippen LogP contribution >= 0.6 is 62.1 Å². The highest BCUT2D eigenvalue weighted by molar-refractivity contribution is 9.10. The zero-order chi connectivity index (χ0) is 29.8. The van der Waals surface area contributed by atoms with Gasteiger partial charge in [0, 0.05) is 27.5 Å². The molecule has 0 spiro atoms. The monoisotopic (exact) mass is 704 g/mol. The van der Waals surface area contributed by atoms with Gasteiger partial charge in [-0.1, -0.05) is 63.7 Å². The molecule has 0 aliphatic carbocycles. The van der Waals surface area contributed by atoms with Crippen LogP contribution in [0, 0.1) is 0 Å². The van der Waals surface area contributed by atoms with Gasteiger partial charge in [0.2, 0.25) is 5.91 Å². The largest absolute Gasteiger partial charge is 0.507 e. The van der Waals surface area contributed by atoms with Crippen molar-refractivity contribution in [2.45, 2.75) is 8.68 Å². The summed E-state index contributed by atoms with van der Waals surface area (Å²) < 4.78 is 4.45. The highest BCUT2D eigenvalue weighted by Gasteiger charge is 2.12. The van der Waals surface area contributed by atoms with Gasteiger partial charge in [-0.15, -0.1) is 22.7 Å². The Kier molecular flexibility index (Phi) is 9.20. The number of fused-ring (bicyclic) bond motifs is 2. The van der Waals surface area contributed by atoms with Crippen LogP contribution < -0.4 is 5.32 Å². The molecule has 0 fully saturated rings. The number of nitrogens with zero attached hydrogens (tertiary/aromatic N) is 3. The van der Waals surface area contributed by atoms with Gasteiger partial charge in [-0.25, -0.2) is 9.97 Å². The molecule has 2 N–H and O–H groups in total. The molecule has 0 aliphatic rings. The third kappa shape index (κ3) is 7.51. The molecule has 2 heterocycles. The highest BCUT2D eigenvalue weighted by atomic mass is 79.9. The van der Waals surface area contributed by atoms with Gasteiger partial charge in [0.05, 0.1) is 37.6 Å². The number of aromatic hydroxyl groups is 1. The second kappa shape index (κ2) is 13.4. The third-order valence-corrected chi connectivity index (χ3v) is 11.0. The zero-order valence-corrected chi connectivity index (χ0v) is 27.0. The summed E-state index contributed by atoms with van der Waals surface area (Å²) >= 11 is 9.19. The minimum absolute atomic E-state index is 0.0495. The van der Waals surface area contributed by atoms with E-state index in [0.29, 0.717) is 22.6 Å². The molecule has 7 nitrogen and oxygen atoms in total. The molecule has 6 rings (SSSR count). The standard InChI is InChI=1S/C31H21BrN4O3S4/c32-20-7-5-18(6-8-20)26(38)16-40-30-35-24-12-10-22(14-28(24)43-30)34-29(39)17-41-31-36-23-11-9-21(13-27(23)42-31)33-15-19-3-1-2-4-25(19)37/h1-15,37H,16-17H2,(H,34,39). The Morgan fingerprint density at radius 2 is 1.53 bits per heavy atom. The quantitative estimate of drug-likeness (QED) is 0.0834. The lowest BCUT2D eigenvalue weighted by Crippen LogP contribution is -2.13. The van der Waals surface area contributed by atoms with Crippen molar-refractivity contribution in [2.24, 2.45) is 4.99 Å². The fourth-order valence-corrected chi connectivity index (χ4v) is 8.16. The molecule has 0 saturated carbocycles. The maximum Gasteiger partial charge on any atom is 0.234 e. The van der Waals surface area contributed by atoms with Crippen molar-refractivity contribution in [2.75, 3.05) is 16.8 Å². The smallest absolute Gasteiger partial charge is 0.234 e. The fraction of sp³-hybridized carbons (Fsp3) is 0.0645. The lowest BCUT2D eigenvalue weighted by Gasteiger charge is -2.03. The summed E-state index contributed by atoms with van der Waals surface area (Å²) in [5, 5.41) is 12.9. The number of carbonyl (C=O) groups is 2. The van der Waals surface area contributed by atoms with Crippen LogP contribution in [0.3, 0.4) is 0 Å². The first-order valence-corrected chi connectivity index (χ1v) is 17.3. The topological polar surface area (TPSA) is 105 Å². The van der Waals surface area contributed by atoms with Crippen LogP contribution in [-0.2, 0) is 4.79 Å². The second-order valence-corrected chi connectivity index (χ2v) is 14.6. The molecule has 43 heavy (non-hydrogen) atoms. The van der Waals surface area contributed by atoms with Gasteiger partial charge in [-0.2, -0.15) is 0 Å². The second-order valence-electron chi connectivity index (χ2n) is 9.17. The molecule has 0 atom stereocenters. The molecule has 0 unspecified atom stereocenters. The normalized spacial score (nSPS) is 11.5. The maximum atomic E-state index is 12.7. The summed E-state index contributed by atoms with van der Waals surface area (Å²) in [6.07, 6.45) is 1.63. The number of thioether (sulfide) groups is 2. The number of aromatic nitrogens is 2. The Morgan fingerprint density at radius 3 is 2.28 bits per heavy atom. The van der Waals surface area contributed by atoms with Gasteiger partial charge in [-0.05, 0) is 60.7 Å². The lowest BCUT2D eigenvalue weighted by molar-refractivity contribution is -0.113. The number of nitrogens with one attached hydrogen (secondary N) is 1. The number of carbonyl (C=O) groups excluding carboxylic acids is 2. The van der Waals surface area contributed by atoms with Gasteiger partial charge in [-0.3, -0.25) is 14.6 Å². The minimum Gasteiger partial charge on any atom is -0.507 e. The number of aliphatic imine (C=N–C) groups is 1. The van der Waals surface area contributed by atoms with Crippen LogP contribution in [0.2, 0.25) is 0 Å². The summed E-state index contributed by atoms with van der Waals surface area (Å²) in [7, 11) is 0. The third-order valence-electron chi connectivity index (χ3n) is 6.11. The van der Waals surface area contributed by atoms with E-state index in [4.69, 9.17) is 0 Å². The van der Waals surface area contributed by atoms with Crippen LogP contribution in [0.5, 0.6) is 5.75 Å². The van der Waals surface area contributed by atoms with Gasteiger partial charge < -0.3 is 10.4 Å². The minimum atomic E-state index is -0.129. The molecular formula is C31H21BrN4O3S4. The van der Waals surface area contributed by atoms with Crippen LogP contribution in [-0.4, -0.2) is 44.5 Å². The number of amides is 1. The highest BCUT2D eigenvalue weighted by Crippen LogP contribution is 2.34. The number of phenols is 1. The van der Waals surface area contributed by atoms with E-state index in [-0.39, 0.29) is 23.2 Å². The number of halogens is 1. The summed E-state index contributed by atoms with van der Waals surface area (Å²) in [6, 6.07) is 25.7. The molecule has 6 aromatic rings. The number of thiazole rings is 2. The Morgan fingerprint density at radius 1 is 0.860 bits per heavy atom. The summed E-state index contributed by atoms with van der Waals surface area (Å²) in [5.41, 5.74) is 4.44. The van der Waals surface area contributed by atoms with Gasteiger partial charge >= 0.3 is 0 Å². The van der Waals surface area contributed by atoms with Crippen LogP contribution in [0.25, 0.3) is 20.4 Å². The molecule has 0 radical (unpaired) electrons. The number of rotatable bonds is 10. The lowest BCUT2D eigenvalue weighted by atomic mass is 10.2. The number of benzene rings is 4. The number of ketones is 1. The summed E-state index contributed by atoms with van der Waals surface area (Å²) in [5.74, 6) is 0.627. The van der Waals surface area contributed by atoms with E-state index in [1.807, 2.05) is 66.7 Å². The van der Waals surface area contributed by atoms with Crippen LogP contribution in [0.4, 0.5) is 11.4 Å². The van der Waals surface area contributed by atoms with Gasteiger partial charge in [0.15, 0.2) is 14.5 Å². The van der Waals surface area contributed by atoms with E-state index < -0.39 is 0 Å². The van der Waals surface area contributed by atoms with E-state index in [1.165, 1.54) is 46.2 Å². The molecule has 214 valence electrons. The van der Waals surface area contributed by atoms with Gasteiger partial charge in [0.1, 0.15) is 5.75 Å². The average Bonchev–Trinajstić information content (AvgIpc) is 3.61. The Bertz CT molecular complexity index is 1990. The average molecular weight is 706 g/mol. The van der Waals surface area contributed by atoms with Crippen LogP contribution in [0.15, 0.2) is 103 Å². The molecule has 4 aromatic carbocycles. The predicted octanol–water partition coefficient (Wildman–Crippen LogP) is 8.83. The molecule has 2 aromatic heterocycles. The SMILES string of the molecule is O=C(CSc1nc2ccc(N=Cc3ccccc3O)cc2s1)Nc1ccc2nc(SCC(=O)c3ccc(Br)cc3)sc2c1. The van der Waals surface area contributed by atoms with Crippen molar-refractivity contribution in [3.8, 4) is 5.75 Å². The molecule has 1 amide bonds. The van der Waals surface area contributed by atoms with Crippen molar-refractivity contribution in [3.05, 3.63) is 101 Å². The number of para-hydroxylation sites is 1. The first kappa shape index (κ1) is 29.5. The zero-order valence-electron chi connectivity index (χ0n) is 22.2. The van der Waals surface area contributed by atoms with Crippen molar-refractivity contribution in [1.82, 2.24) is 9.97 Å². The predicted molar refractivity (Wildman–Crippen MR) is 183 cm³/mol. The van der Waals surface area contributed by atoms with E-state index in [9.17, 15) is 14.7 Å². The molecule has 0 saturated heterocycles. The molecule has 12 heteroatoms. The van der Waals surface area contributed by atoms with Crippen LogP contribution in [0.1, 0.15) is 15.9 Å². The van der Waals surface area contributed by atoms with Gasteiger partial charge in [0.25, 0.3) is 0 Å². The van der Waals surface area contributed by atoms with Crippen molar-refractivity contribution in [1.29, 1.82) is 0 Å². The van der Waals surface area contributed by atoms with E-state index >= 15 is 0 Å². The first-order valence-electron chi connectivity index (χ1n) is 12.9. The van der Waals surface area contributed by atoms with E-state index in [1.54, 1.807) is 24.4 Å². The maximum absolute atomic E-state index is 12.7. The Balaban J connectivity index is 1.03. The fourth-order valence-electron chi connectivity index (χ4n) is 3.99. The Labute approximate surface area is 271 Å². The summed E-state index contributed by atoms with van der Waals surface area (Å²) in [6.45, 7) is 0.